The number of nitrogens with one attached hydrogen (secondary N) is 1. The Balaban J connectivity index is 1.86. The molecule has 0 saturated carbocycles. The molecule has 0 saturated heterocycles. The maximum Gasteiger partial charge on any atom is 0.328 e. The second kappa shape index (κ2) is 6.99. The van der Waals surface area contributed by atoms with Crippen molar-refractivity contribution >= 4 is 11.6 Å². The minimum atomic E-state index is -0.459. The average Bonchev–Trinajstić information content (AvgIpc) is 2.55. The summed E-state index contributed by atoms with van der Waals surface area (Å²) in [4.78, 5) is 25.1. The number of nitrogens with zero attached hydrogens (tertiary/aromatic N) is 1. The number of ether oxygens (including phenoxy) is 1. The molecule has 25 heavy (non-hydrogen) atoms. The Kier molecular flexibility index (Phi) is 4.76. The fourth-order valence-electron chi connectivity index (χ4n) is 2.56. The van der Waals surface area contributed by atoms with Crippen molar-refractivity contribution < 1.29 is 4.74 Å². The molecule has 0 fully saturated rings. The van der Waals surface area contributed by atoms with Crippen LogP contribution in [-0.4, -0.2) is 9.55 Å². The number of benzene rings is 2. The monoisotopic (exact) mass is 356 g/mol. The van der Waals surface area contributed by atoms with Crippen LogP contribution in [0.3, 0.4) is 0 Å². The van der Waals surface area contributed by atoms with Gasteiger partial charge in [-0.25, -0.2) is 4.79 Å². The molecule has 1 heterocycles. The van der Waals surface area contributed by atoms with Gasteiger partial charge >= 0.3 is 5.69 Å². The maximum atomic E-state index is 11.8. The standard InChI is InChI=1S/C19H17ClN2O3/c1-12-4-3-5-13(2)18(12)25-16-7-6-14(10-15(16)20)11-22-9-8-17(23)21-19(22)24/h3-10H,11H2,1-2H3,(H,21,23,24). The van der Waals surface area contributed by atoms with Crippen molar-refractivity contribution in [3.63, 3.8) is 0 Å². The predicted octanol–water partition coefficient (Wildman–Crippen LogP) is 3.65. The number of aryl methyl sites for hydroxylation is 2. The van der Waals surface area contributed by atoms with Crippen molar-refractivity contribution in [1.29, 1.82) is 0 Å². The van der Waals surface area contributed by atoms with E-state index in [4.69, 9.17) is 16.3 Å². The van der Waals surface area contributed by atoms with Gasteiger partial charge in [-0.3, -0.25) is 14.3 Å². The lowest BCUT2D eigenvalue weighted by atomic mass is 10.1. The molecule has 0 unspecified atom stereocenters. The number of aromatic amines is 1. The van der Waals surface area contributed by atoms with Crippen LogP contribution in [-0.2, 0) is 6.54 Å². The minimum absolute atomic E-state index is 0.305. The van der Waals surface area contributed by atoms with Crippen LogP contribution in [0.2, 0.25) is 5.02 Å². The van der Waals surface area contributed by atoms with E-state index in [0.29, 0.717) is 17.3 Å². The molecular formula is C19H17ClN2O3. The Morgan fingerprint density at radius 2 is 1.80 bits per heavy atom. The third-order valence-corrected chi connectivity index (χ3v) is 4.16. The molecule has 0 atom stereocenters. The van der Waals surface area contributed by atoms with Gasteiger partial charge in [-0.15, -0.1) is 0 Å². The van der Waals surface area contributed by atoms with Crippen LogP contribution >= 0.6 is 11.6 Å². The maximum absolute atomic E-state index is 11.8. The van der Waals surface area contributed by atoms with E-state index in [1.165, 1.54) is 16.8 Å². The van der Waals surface area contributed by atoms with Crippen LogP contribution in [0, 0.1) is 13.8 Å². The SMILES string of the molecule is Cc1cccc(C)c1Oc1ccc(Cn2ccc(=O)[nH]c2=O)cc1Cl. The molecule has 3 aromatic rings. The van der Waals surface area contributed by atoms with Crippen LogP contribution in [0.25, 0.3) is 0 Å². The first kappa shape index (κ1) is 17.0. The van der Waals surface area contributed by atoms with E-state index in [9.17, 15) is 9.59 Å². The number of rotatable bonds is 4. The van der Waals surface area contributed by atoms with Crippen molar-refractivity contribution in [1.82, 2.24) is 9.55 Å². The molecule has 0 spiro atoms. The van der Waals surface area contributed by atoms with Gasteiger partial charge in [0.1, 0.15) is 11.5 Å². The third-order valence-electron chi connectivity index (χ3n) is 3.87. The minimum Gasteiger partial charge on any atom is -0.455 e. The molecule has 0 amide bonds. The fraction of sp³-hybridized carbons (Fsp3) is 0.158. The van der Waals surface area contributed by atoms with E-state index in [0.717, 1.165) is 22.4 Å². The number of aromatic nitrogens is 2. The fourth-order valence-corrected chi connectivity index (χ4v) is 2.80. The second-order valence-electron chi connectivity index (χ2n) is 5.83. The van der Waals surface area contributed by atoms with Crippen LogP contribution in [0.5, 0.6) is 11.5 Å². The van der Waals surface area contributed by atoms with E-state index in [2.05, 4.69) is 4.98 Å². The highest BCUT2D eigenvalue weighted by molar-refractivity contribution is 6.32. The highest BCUT2D eigenvalue weighted by Crippen LogP contribution is 2.33. The number of halogens is 1. The van der Waals surface area contributed by atoms with E-state index in [1.807, 2.05) is 38.1 Å². The van der Waals surface area contributed by atoms with Gasteiger partial charge in [-0.2, -0.15) is 0 Å². The molecule has 0 radical (unpaired) electrons. The molecule has 0 aliphatic rings. The number of hydrogen-bond donors (Lipinski definition) is 1. The Labute approximate surface area is 149 Å². The summed E-state index contributed by atoms with van der Waals surface area (Å²) in [7, 11) is 0. The molecule has 0 aliphatic carbocycles. The Morgan fingerprint density at radius 1 is 1.08 bits per heavy atom. The van der Waals surface area contributed by atoms with Gasteiger partial charge in [0, 0.05) is 12.3 Å². The largest absolute Gasteiger partial charge is 0.455 e. The van der Waals surface area contributed by atoms with Gasteiger partial charge in [0.15, 0.2) is 0 Å². The Morgan fingerprint density at radius 3 is 2.44 bits per heavy atom. The van der Waals surface area contributed by atoms with Crippen LogP contribution in [0.1, 0.15) is 16.7 Å². The summed E-state index contributed by atoms with van der Waals surface area (Å²) in [6.45, 7) is 4.26. The van der Waals surface area contributed by atoms with Gasteiger partial charge in [0.05, 0.1) is 11.6 Å². The highest BCUT2D eigenvalue weighted by atomic mass is 35.5. The van der Waals surface area contributed by atoms with Crippen molar-refractivity contribution in [2.45, 2.75) is 20.4 Å². The third kappa shape index (κ3) is 3.83. The molecule has 1 aromatic heterocycles. The zero-order valence-electron chi connectivity index (χ0n) is 13.9. The number of hydrogen-bond acceptors (Lipinski definition) is 3. The van der Waals surface area contributed by atoms with Crippen LogP contribution < -0.4 is 16.0 Å². The second-order valence-corrected chi connectivity index (χ2v) is 6.23. The van der Waals surface area contributed by atoms with E-state index in [1.54, 1.807) is 12.1 Å². The van der Waals surface area contributed by atoms with Gasteiger partial charge in [-0.05, 0) is 42.7 Å². The molecule has 0 aliphatic heterocycles. The summed E-state index contributed by atoms with van der Waals surface area (Å²) < 4.78 is 7.37. The van der Waals surface area contributed by atoms with Gasteiger partial charge < -0.3 is 4.74 Å². The molecule has 6 heteroatoms. The Bertz CT molecular complexity index is 1020. The number of para-hydroxylation sites is 1. The molecule has 3 rings (SSSR count). The van der Waals surface area contributed by atoms with Crippen LogP contribution in [0.15, 0.2) is 58.3 Å². The molecule has 5 nitrogen and oxygen atoms in total. The summed E-state index contributed by atoms with van der Waals surface area (Å²) in [5, 5.41) is 0.456. The summed E-state index contributed by atoms with van der Waals surface area (Å²) in [5.41, 5.74) is 2.00. The topological polar surface area (TPSA) is 64.1 Å². The molecule has 128 valence electrons. The highest BCUT2D eigenvalue weighted by Gasteiger charge is 2.09. The lowest BCUT2D eigenvalue weighted by molar-refractivity contribution is 0.475. The predicted molar refractivity (Wildman–Crippen MR) is 97.9 cm³/mol. The molecule has 1 N–H and O–H groups in total. The molecule has 0 bridgehead atoms. The van der Waals surface area contributed by atoms with Crippen molar-refractivity contribution in [3.8, 4) is 11.5 Å². The van der Waals surface area contributed by atoms with Gasteiger partial charge in [-0.1, -0.05) is 35.9 Å². The normalized spacial score (nSPS) is 10.7. The number of H-pyrrole nitrogens is 1. The van der Waals surface area contributed by atoms with Gasteiger partial charge in [0.2, 0.25) is 0 Å². The first-order valence-corrected chi connectivity index (χ1v) is 8.14. The Hall–Kier alpha value is -2.79. The van der Waals surface area contributed by atoms with Crippen molar-refractivity contribution in [2.24, 2.45) is 0 Å². The zero-order valence-corrected chi connectivity index (χ0v) is 14.6. The van der Waals surface area contributed by atoms with Gasteiger partial charge in [0.25, 0.3) is 5.56 Å². The lowest BCUT2D eigenvalue weighted by Crippen LogP contribution is -2.28. The summed E-state index contributed by atoms with van der Waals surface area (Å²) in [5.74, 6) is 1.34. The lowest BCUT2D eigenvalue weighted by Gasteiger charge is -2.13. The summed E-state index contributed by atoms with van der Waals surface area (Å²) in [6.07, 6.45) is 1.45. The zero-order chi connectivity index (χ0) is 18.0. The van der Waals surface area contributed by atoms with Crippen molar-refractivity contribution in [3.05, 3.63) is 91.2 Å². The summed E-state index contributed by atoms with van der Waals surface area (Å²) in [6, 6.07) is 12.6. The average molecular weight is 357 g/mol. The quantitative estimate of drug-likeness (QED) is 0.776. The molecule has 2 aromatic carbocycles. The first-order valence-electron chi connectivity index (χ1n) is 7.76. The first-order chi connectivity index (χ1) is 11.9. The smallest absolute Gasteiger partial charge is 0.328 e. The van der Waals surface area contributed by atoms with Crippen molar-refractivity contribution in [2.75, 3.05) is 0 Å². The van der Waals surface area contributed by atoms with E-state index in [-0.39, 0.29) is 0 Å². The summed E-state index contributed by atoms with van der Waals surface area (Å²) >= 11 is 6.35. The van der Waals surface area contributed by atoms with E-state index < -0.39 is 11.2 Å². The molecular weight excluding hydrogens is 340 g/mol. The van der Waals surface area contributed by atoms with E-state index >= 15 is 0 Å². The van der Waals surface area contributed by atoms with Crippen LogP contribution in [0.4, 0.5) is 0 Å².